The normalized spacial score (nSPS) is 10.3. The molecule has 0 aliphatic carbocycles. The number of benzene rings is 2. The van der Waals surface area contributed by atoms with Crippen LogP contribution in [0.1, 0.15) is 21.5 Å². The number of carbonyl (C=O) groups excluding carboxylic acids is 1. The minimum Gasteiger partial charge on any atom is -0.398 e. The fourth-order valence-corrected chi connectivity index (χ4v) is 2.15. The third-order valence-electron chi connectivity index (χ3n) is 2.94. The van der Waals surface area contributed by atoms with Crippen LogP contribution in [0.4, 0.5) is 11.4 Å². The summed E-state index contributed by atoms with van der Waals surface area (Å²) < 4.78 is 0.845. The molecule has 0 unspecified atom stereocenters. The average Bonchev–Trinajstić information content (AvgIpc) is 2.37. The number of nitrogens with one attached hydrogen (secondary N) is 1. The summed E-state index contributed by atoms with van der Waals surface area (Å²) in [4.78, 5) is 12.2. The highest BCUT2D eigenvalue weighted by Gasteiger charge is 2.12. The van der Waals surface area contributed by atoms with Crippen LogP contribution >= 0.6 is 15.9 Å². The van der Waals surface area contributed by atoms with Crippen molar-refractivity contribution >= 4 is 33.2 Å². The molecule has 0 fully saturated rings. The molecule has 19 heavy (non-hydrogen) atoms. The van der Waals surface area contributed by atoms with Gasteiger partial charge in [-0.25, -0.2) is 0 Å². The van der Waals surface area contributed by atoms with E-state index in [1.54, 1.807) is 6.07 Å². The lowest BCUT2D eigenvalue weighted by Crippen LogP contribution is -2.15. The van der Waals surface area contributed by atoms with Crippen LogP contribution in [0.3, 0.4) is 0 Å². The lowest BCUT2D eigenvalue weighted by molar-refractivity contribution is 0.102. The van der Waals surface area contributed by atoms with Crippen LogP contribution < -0.4 is 11.1 Å². The van der Waals surface area contributed by atoms with Gasteiger partial charge in [-0.2, -0.15) is 0 Å². The van der Waals surface area contributed by atoms with Crippen LogP contribution in [-0.4, -0.2) is 5.91 Å². The quantitative estimate of drug-likeness (QED) is 0.825. The van der Waals surface area contributed by atoms with Crippen LogP contribution in [0.15, 0.2) is 40.9 Å². The molecule has 0 saturated carbocycles. The number of nitrogen functional groups attached to an aromatic ring is 1. The molecular formula is C15H15BrN2O. The van der Waals surface area contributed by atoms with Crippen molar-refractivity contribution in [1.29, 1.82) is 0 Å². The Labute approximate surface area is 121 Å². The van der Waals surface area contributed by atoms with E-state index in [1.165, 1.54) is 0 Å². The average molecular weight is 319 g/mol. The largest absolute Gasteiger partial charge is 0.398 e. The minimum atomic E-state index is -0.201. The molecule has 0 atom stereocenters. The first-order valence-corrected chi connectivity index (χ1v) is 6.71. The van der Waals surface area contributed by atoms with E-state index in [4.69, 9.17) is 5.73 Å². The van der Waals surface area contributed by atoms with Gasteiger partial charge in [-0.15, -0.1) is 0 Å². The number of halogens is 1. The van der Waals surface area contributed by atoms with Crippen molar-refractivity contribution in [2.75, 3.05) is 11.1 Å². The molecule has 0 heterocycles. The number of hydrogen-bond donors (Lipinski definition) is 2. The van der Waals surface area contributed by atoms with Gasteiger partial charge in [0, 0.05) is 10.2 Å². The van der Waals surface area contributed by atoms with E-state index < -0.39 is 0 Å². The fraction of sp³-hybridized carbons (Fsp3) is 0.133. The van der Waals surface area contributed by atoms with Crippen molar-refractivity contribution < 1.29 is 4.79 Å². The summed E-state index contributed by atoms with van der Waals surface area (Å²) in [7, 11) is 0. The second kappa shape index (κ2) is 5.45. The van der Waals surface area contributed by atoms with E-state index in [0.717, 1.165) is 21.3 Å². The maximum absolute atomic E-state index is 12.2. The Bertz CT molecular complexity index is 638. The molecule has 2 rings (SSSR count). The number of para-hydroxylation sites is 1. The number of rotatable bonds is 2. The molecule has 3 N–H and O–H groups in total. The summed E-state index contributed by atoms with van der Waals surface area (Å²) in [5.74, 6) is -0.201. The van der Waals surface area contributed by atoms with E-state index in [1.807, 2.05) is 44.2 Å². The molecule has 0 saturated heterocycles. The Morgan fingerprint density at radius 3 is 2.68 bits per heavy atom. The summed E-state index contributed by atoms with van der Waals surface area (Å²) in [6.45, 7) is 3.86. The standard InChI is InChI=1S/C15H15BrN2O/c1-9-6-7-12(16)13(8-9)18-15(19)11-5-3-4-10(2)14(11)17/h3-8H,17H2,1-2H3,(H,18,19). The summed E-state index contributed by atoms with van der Waals surface area (Å²) >= 11 is 3.42. The van der Waals surface area contributed by atoms with Gasteiger partial charge in [-0.05, 0) is 59.1 Å². The molecule has 0 aliphatic rings. The third kappa shape index (κ3) is 2.96. The lowest BCUT2D eigenvalue weighted by atomic mass is 10.1. The number of amides is 1. The Balaban J connectivity index is 2.31. The molecule has 4 heteroatoms. The van der Waals surface area contributed by atoms with E-state index in [-0.39, 0.29) is 5.91 Å². The third-order valence-corrected chi connectivity index (χ3v) is 3.63. The van der Waals surface area contributed by atoms with Gasteiger partial charge in [-0.1, -0.05) is 18.2 Å². The van der Waals surface area contributed by atoms with Crippen molar-refractivity contribution in [1.82, 2.24) is 0 Å². The number of aryl methyl sites for hydroxylation is 2. The SMILES string of the molecule is Cc1ccc(Br)c(NC(=O)c2cccc(C)c2N)c1. The van der Waals surface area contributed by atoms with E-state index in [9.17, 15) is 4.79 Å². The smallest absolute Gasteiger partial charge is 0.257 e. The molecule has 0 aliphatic heterocycles. The van der Waals surface area contributed by atoms with Crippen molar-refractivity contribution in [2.45, 2.75) is 13.8 Å². The Morgan fingerprint density at radius 2 is 1.95 bits per heavy atom. The van der Waals surface area contributed by atoms with Gasteiger partial charge in [0.15, 0.2) is 0 Å². The molecule has 3 nitrogen and oxygen atoms in total. The Hall–Kier alpha value is -1.81. The highest BCUT2D eigenvalue weighted by molar-refractivity contribution is 9.10. The van der Waals surface area contributed by atoms with Crippen molar-refractivity contribution in [3.05, 3.63) is 57.6 Å². The predicted molar refractivity (Wildman–Crippen MR) is 82.4 cm³/mol. The molecule has 0 bridgehead atoms. The van der Waals surface area contributed by atoms with Gasteiger partial charge in [0.1, 0.15) is 0 Å². The summed E-state index contributed by atoms with van der Waals surface area (Å²) in [6, 6.07) is 11.2. The first-order chi connectivity index (χ1) is 8.99. The monoisotopic (exact) mass is 318 g/mol. The number of anilines is 2. The predicted octanol–water partition coefficient (Wildman–Crippen LogP) is 3.90. The maximum Gasteiger partial charge on any atom is 0.257 e. The molecule has 2 aromatic rings. The van der Waals surface area contributed by atoms with Crippen LogP contribution in [0.2, 0.25) is 0 Å². The molecule has 0 aromatic heterocycles. The molecule has 2 aromatic carbocycles. The summed E-state index contributed by atoms with van der Waals surface area (Å²) in [5, 5.41) is 2.87. The van der Waals surface area contributed by atoms with Gasteiger partial charge >= 0.3 is 0 Å². The first kappa shape index (κ1) is 13.6. The highest BCUT2D eigenvalue weighted by Crippen LogP contribution is 2.25. The molecule has 0 radical (unpaired) electrons. The minimum absolute atomic E-state index is 0.201. The van der Waals surface area contributed by atoms with Crippen molar-refractivity contribution in [3.8, 4) is 0 Å². The second-order valence-corrected chi connectivity index (χ2v) is 5.33. The van der Waals surface area contributed by atoms with E-state index in [0.29, 0.717) is 11.3 Å². The van der Waals surface area contributed by atoms with Crippen LogP contribution in [0.5, 0.6) is 0 Å². The molecule has 1 amide bonds. The van der Waals surface area contributed by atoms with Crippen LogP contribution in [0, 0.1) is 13.8 Å². The van der Waals surface area contributed by atoms with E-state index in [2.05, 4.69) is 21.2 Å². The van der Waals surface area contributed by atoms with Crippen LogP contribution in [0.25, 0.3) is 0 Å². The summed E-state index contributed by atoms with van der Waals surface area (Å²) in [6.07, 6.45) is 0. The zero-order chi connectivity index (χ0) is 14.0. The molecular weight excluding hydrogens is 304 g/mol. The van der Waals surface area contributed by atoms with Crippen molar-refractivity contribution in [2.24, 2.45) is 0 Å². The van der Waals surface area contributed by atoms with Gasteiger partial charge in [0.05, 0.1) is 11.3 Å². The zero-order valence-corrected chi connectivity index (χ0v) is 12.4. The second-order valence-electron chi connectivity index (χ2n) is 4.47. The highest BCUT2D eigenvalue weighted by atomic mass is 79.9. The number of hydrogen-bond acceptors (Lipinski definition) is 2. The van der Waals surface area contributed by atoms with Crippen molar-refractivity contribution in [3.63, 3.8) is 0 Å². The van der Waals surface area contributed by atoms with Gasteiger partial charge < -0.3 is 11.1 Å². The number of nitrogens with two attached hydrogens (primary N) is 1. The summed E-state index contributed by atoms with van der Waals surface area (Å²) in [5.41, 5.74) is 9.66. The topological polar surface area (TPSA) is 55.1 Å². The Kier molecular flexibility index (Phi) is 3.90. The number of carbonyl (C=O) groups is 1. The first-order valence-electron chi connectivity index (χ1n) is 5.91. The zero-order valence-electron chi connectivity index (χ0n) is 10.8. The Morgan fingerprint density at radius 1 is 1.21 bits per heavy atom. The van der Waals surface area contributed by atoms with Gasteiger partial charge in [-0.3, -0.25) is 4.79 Å². The molecule has 0 spiro atoms. The lowest BCUT2D eigenvalue weighted by Gasteiger charge is -2.11. The molecule has 98 valence electrons. The van der Waals surface area contributed by atoms with Gasteiger partial charge in [0.25, 0.3) is 5.91 Å². The van der Waals surface area contributed by atoms with Gasteiger partial charge in [0.2, 0.25) is 0 Å². The van der Waals surface area contributed by atoms with E-state index >= 15 is 0 Å². The maximum atomic E-state index is 12.2. The van der Waals surface area contributed by atoms with Crippen LogP contribution in [-0.2, 0) is 0 Å². The fourth-order valence-electron chi connectivity index (χ4n) is 1.80.